The first-order valence-corrected chi connectivity index (χ1v) is 18.3. The molecule has 0 amide bonds. The van der Waals surface area contributed by atoms with E-state index in [2.05, 4.69) is 114 Å². The van der Waals surface area contributed by atoms with Crippen LogP contribution >= 0.6 is 0 Å². The molecule has 1 aliphatic rings. The minimum absolute atomic E-state index is 0. The molecule has 0 bridgehead atoms. The molecular formula is C43H90. The molecule has 0 spiro atoms. The summed E-state index contributed by atoms with van der Waals surface area (Å²) in [5.41, 5.74) is 3.13. The van der Waals surface area contributed by atoms with Crippen molar-refractivity contribution in [1.29, 1.82) is 0 Å². The van der Waals surface area contributed by atoms with Crippen LogP contribution in [0, 0.1) is 35.0 Å². The number of hydrogen-bond acceptors (Lipinski definition) is 0. The van der Waals surface area contributed by atoms with Gasteiger partial charge in [0.25, 0.3) is 0 Å². The number of hydrogen-bond donors (Lipinski definition) is 0. The molecular weight excluding hydrogens is 516 g/mol. The van der Waals surface area contributed by atoms with Gasteiger partial charge in [0.1, 0.15) is 0 Å². The predicted molar refractivity (Wildman–Crippen MR) is 210 cm³/mol. The molecule has 0 heteroatoms. The van der Waals surface area contributed by atoms with E-state index >= 15 is 0 Å². The van der Waals surface area contributed by atoms with Crippen molar-refractivity contribution in [3.05, 3.63) is 48.6 Å². The lowest BCUT2D eigenvalue weighted by Crippen LogP contribution is -2.23. The average Bonchev–Trinajstić information content (AvgIpc) is 2.97. The second-order valence-electron chi connectivity index (χ2n) is 13.3. The van der Waals surface area contributed by atoms with Gasteiger partial charge < -0.3 is 0 Å². The predicted octanol–water partition coefficient (Wildman–Crippen LogP) is 16.5. The van der Waals surface area contributed by atoms with Gasteiger partial charge in [-0.1, -0.05) is 204 Å². The van der Waals surface area contributed by atoms with Crippen LogP contribution < -0.4 is 0 Å². The van der Waals surface area contributed by atoms with Gasteiger partial charge in [-0.25, -0.2) is 0 Å². The molecule has 3 atom stereocenters. The molecule has 3 unspecified atom stereocenters. The molecule has 1 saturated carbocycles. The number of allylic oxidation sites excluding steroid dienone is 6. The maximum atomic E-state index is 4.15. The van der Waals surface area contributed by atoms with Crippen LogP contribution in [0.15, 0.2) is 48.6 Å². The molecule has 0 nitrogen and oxygen atoms in total. The lowest BCUT2D eigenvalue weighted by Gasteiger charge is -2.31. The van der Waals surface area contributed by atoms with E-state index in [-0.39, 0.29) is 7.43 Å². The van der Waals surface area contributed by atoms with E-state index in [4.69, 9.17) is 0 Å². The monoisotopic (exact) mass is 607 g/mol. The Balaban J connectivity index is -0.000000111. The van der Waals surface area contributed by atoms with Crippen LogP contribution in [0.5, 0.6) is 0 Å². The van der Waals surface area contributed by atoms with Gasteiger partial charge in [-0.15, -0.1) is 6.58 Å². The summed E-state index contributed by atoms with van der Waals surface area (Å²) in [6.07, 6.45) is 23.8. The van der Waals surface area contributed by atoms with E-state index in [1.54, 1.807) is 6.08 Å². The summed E-state index contributed by atoms with van der Waals surface area (Å²) < 4.78 is 0. The SMILES string of the molecule is C.C=C(CC1CCCCC1)/C(C)=C/C.C=CC.CC.CC.CCC(C)C/C=C\C(C(C)C)C(C)(C)C.CCCC(C)CC. The van der Waals surface area contributed by atoms with E-state index in [1.807, 2.05) is 34.6 Å². The van der Waals surface area contributed by atoms with E-state index < -0.39 is 0 Å². The van der Waals surface area contributed by atoms with Crippen molar-refractivity contribution in [2.24, 2.45) is 35.0 Å². The summed E-state index contributed by atoms with van der Waals surface area (Å²) in [5, 5.41) is 0. The van der Waals surface area contributed by atoms with Gasteiger partial charge in [0.05, 0.1) is 0 Å². The zero-order valence-corrected chi connectivity index (χ0v) is 32.9. The molecule has 0 N–H and O–H groups in total. The summed E-state index contributed by atoms with van der Waals surface area (Å²) in [6, 6.07) is 0. The van der Waals surface area contributed by atoms with Gasteiger partial charge >= 0.3 is 0 Å². The van der Waals surface area contributed by atoms with Crippen molar-refractivity contribution in [2.45, 2.75) is 196 Å². The van der Waals surface area contributed by atoms with Crippen LogP contribution in [0.25, 0.3) is 0 Å². The topological polar surface area (TPSA) is 0 Å². The Morgan fingerprint density at radius 2 is 1.28 bits per heavy atom. The first-order chi connectivity index (χ1) is 19.7. The van der Waals surface area contributed by atoms with Crippen LogP contribution in [0.4, 0.5) is 0 Å². The molecule has 1 aliphatic carbocycles. The van der Waals surface area contributed by atoms with Crippen LogP contribution in [0.1, 0.15) is 196 Å². The smallest absolute Gasteiger partial charge is 0.0162 e. The highest BCUT2D eigenvalue weighted by atomic mass is 14.3. The van der Waals surface area contributed by atoms with Gasteiger partial charge in [-0.2, -0.15) is 0 Å². The summed E-state index contributed by atoms with van der Waals surface area (Å²) in [7, 11) is 0. The Hall–Kier alpha value is -1.04. The molecule has 1 fully saturated rings. The molecule has 0 aromatic heterocycles. The Kier molecular flexibility index (Phi) is 49.4. The van der Waals surface area contributed by atoms with Gasteiger partial charge in [0, 0.05) is 0 Å². The Labute approximate surface area is 278 Å². The lowest BCUT2D eigenvalue weighted by atomic mass is 9.74. The van der Waals surface area contributed by atoms with Crippen LogP contribution in [0.2, 0.25) is 0 Å². The Morgan fingerprint density at radius 3 is 1.58 bits per heavy atom. The van der Waals surface area contributed by atoms with Crippen molar-refractivity contribution >= 4 is 0 Å². The molecule has 262 valence electrons. The first-order valence-electron chi connectivity index (χ1n) is 18.3. The molecule has 0 aliphatic heterocycles. The maximum absolute atomic E-state index is 4.15. The third kappa shape index (κ3) is 38.9. The molecule has 0 aromatic carbocycles. The highest BCUT2D eigenvalue weighted by Gasteiger charge is 2.24. The summed E-state index contributed by atoms with van der Waals surface area (Å²) in [6.45, 7) is 44.7. The van der Waals surface area contributed by atoms with E-state index in [0.29, 0.717) is 11.3 Å². The lowest BCUT2D eigenvalue weighted by molar-refractivity contribution is 0.229. The molecule has 43 heavy (non-hydrogen) atoms. The highest BCUT2D eigenvalue weighted by molar-refractivity contribution is 5.25. The second kappa shape index (κ2) is 39.0. The van der Waals surface area contributed by atoms with Gasteiger partial charge in [0.15, 0.2) is 0 Å². The van der Waals surface area contributed by atoms with Gasteiger partial charge in [0.2, 0.25) is 0 Å². The fourth-order valence-corrected chi connectivity index (χ4v) is 4.94. The van der Waals surface area contributed by atoms with Crippen LogP contribution in [0.3, 0.4) is 0 Å². The maximum Gasteiger partial charge on any atom is -0.0162 e. The highest BCUT2D eigenvalue weighted by Crippen LogP contribution is 2.33. The Morgan fingerprint density at radius 1 is 0.837 bits per heavy atom. The van der Waals surface area contributed by atoms with Crippen molar-refractivity contribution in [2.75, 3.05) is 0 Å². The van der Waals surface area contributed by atoms with Gasteiger partial charge in [-0.3, -0.25) is 0 Å². The molecule has 1 rings (SSSR count). The molecule has 0 heterocycles. The van der Waals surface area contributed by atoms with Gasteiger partial charge in [-0.05, 0) is 68.6 Å². The summed E-state index contributed by atoms with van der Waals surface area (Å²) >= 11 is 0. The quantitative estimate of drug-likeness (QED) is 0.162. The zero-order valence-electron chi connectivity index (χ0n) is 32.9. The molecule has 0 saturated heterocycles. The third-order valence-corrected chi connectivity index (χ3v) is 8.03. The van der Waals surface area contributed by atoms with Crippen LogP contribution in [-0.4, -0.2) is 0 Å². The van der Waals surface area contributed by atoms with Crippen molar-refractivity contribution < 1.29 is 0 Å². The average molecular weight is 607 g/mol. The molecule has 0 radical (unpaired) electrons. The fraction of sp³-hybridized carbons (Fsp3) is 0.814. The summed E-state index contributed by atoms with van der Waals surface area (Å²) in [5.74, 6) is 4.13. The number of rotatable bonds is 11. The van der Waals surface area contributed by atoms with Crippen molar-refractivity contribution in [3.8, 4) is 0 Å². The fourth-order valence-electron chi connectivity index (χ4n) is 4.94. The zero-order chi connectivity index (χ0) is 34.1. The van der Waals surface area contributed by atoms with Crippen LogP contribution in [-0.2, 0) is 0 Å². The van der Waals surface area contributed by atoms with E-state index in [9.17, 15) is 0 Å². The largest absolute Gasteiger partial charge is 0.103 e. The summed E-state index contributed by atoms with van der Waals surface area (Å²) in [4.78, 5) is 0. The standard InChI is InChI=1S/C15H30.C13H22.C7H16.C3H6.2C2H6.CH4/c1-8-13(4)10-9-11-14(12(2)3)15(5,6)7;1-4-11(2)12(3)10-13-8-6-5-7-9-13;1-4-6-7(3)5-2;1-3-2;2*1-2;/h9,11-14H,8,10H2,1-7H3;4,13H,3,5-10H2,1-2H3;7H,4-6H2,1-3H3;3H,1H2,2H3;2*1-2H3;1H4/b11-9-;11-4+;;;;;. The van der Waals surface area contributed by atoms with Crippen molar-refractivity contribution in [1.82, 2.24) is 0 Å². The second-order valence-corrected chi connectivity index (χ2v) is 13.3. The minimum Gasteiger partial charge on any atom is -0.103 e. The third-order valence-electron chi connectivity index (χ3n) is 8.03. The Bertz CT molecular complexity index is 588. The van der Waals surface area contributed by atoms with E-state index in [0.717, 1.165) is 23.7 Å². The first kappa shape index (κ1) is 54.4. The minimum atomic E-state index is 0. The van der Waals surface area contributed by atoms with Crippen molar-refractivity contribution in [3.63, 3.8) is 0 Å². The normalized spacial score (nSPS) is 15.1. The molecule has 0 aromatic rings. The van der Waals surface area contributed by atoms with E-state index in [1.165, 1.54) is 81.8 Å².